The van der Waals surface area contributed by atoms with Crippen LogP contribution in [0.25, 0.3) is 5.57 Å². The molecule has 0 unspecified atom stereocenters. The maximum Gasteiger partial charge on any atom is 0.338 e. The number of sulfone groups is 1. The molecule has 0 saturated heterocycles. The molecule has 0 aliphatic carbocycles. The number of hydrogen-bond acceptors (Lipinski definition) is 5. The van der Waals surface area contributed by atoms with Crippen molar-refractivity contribution in [1.29, 1.82) is 0 Å². The third-order valence-electron chi connectivity index (χ3n) is 4.15. The van der Waals surface area contributed by atoms with Crippen LogP contribution < -0.4 is 4.74 Å². The summed E-state index contributed by atoms with van der Waals surface area (Å²) in [7, 11) is -3.84. The Hall–Kier alpha value is -2.67. The third-order valence-corrected chi connectivity index (χ3v) is 6.08. The van der Waals surface area contributed by atoms with Gasteiger partial charge >= 0.3 is 5.97 Å². The molecule has 2 aromatic rings. The number of ether oxygens (including phenoxy) is 2. The van der Waals surface area contributed by atoms with E-state index in [4.69, 9.17) is 9.47 Å². The molecule has 0 radical (unpaired) electrons. The SMILES string of the molecule is CCC[C@H](Oc1ccc(F)cc1)S(=O)(=O)c1cccc(C2=CCOC2=O)c1. The lowest BCUT2D eigenvalue weighted by atomic mass is 10.1. The number of carbonyl (C=O) groups excluding carboxylic acids is 1. The lowest BCUT2D eigenvalue weighted by molar-refractivity contribution is -0.133. The van der Waals surface area contributed by atoms with Gasteiger partial charge in [-0.1, -0.05) is 25.5 Å². The van der Waals surface area contributed by atoms with Crippen LogP contribution >= 0.6 is 0 Å². The van der Waals surface area contributed by atoms with Crippen molar-refractivity contribution in [3.05, 3.63) is 66.0 Å². The van der Waals surface area contributed by atoms with Crippen LogP contribution in [0.5, 0.6) is 5.75 Å². The molecule has 2 aromatic carbocycles. The van der Waals surface area contributed by atoms with Crippen molar-refractivity contribution in [2.45, 2.75) is 30.1 Å². The molecule has 0 amide bonds. The number of benzene rings is 2. The van der Waals surface area contributed by atoms with Gasteiger partial charge in [-0.25, -0.2) is 17.6 Å². The Kier molecular flexibility index (Phi) is 5.60. The van der Waals surface area contributed by atoms with E-state index < -0.39 is 27.1 Å². The van der Waals surface area contributed by atoms with Gasteiger partial charge < -0.3 is 9.47 Å². The minimum absolute atomic E-state index is 0.0566. The first kappa shape index (κ1) is 19.1. The summed E-state index contributed by atoms with van der Waals surface area (Å²) >= 11 is 0. The van der Waals surface area contributed by atoms with E-state index in [1.54, 1.807) is 18.2 Å². The second kappa shape index (κ2) is 7.92. The van der Waals surface area contributed by atoms with Gasteiger partial charge in [0.2, 0.25) is 15.3 Å². The van der Waals surface area contributed by atoms with Gasteiger partial charge in [-0.2, -0.15) is 0 Å². The number of rotatable bonds is 7. The van der Waals surface area contributed by atoms with Crippen LogP contribution in [0.1, 0.15) is 25.3 Å². The second-order valence-electron chi connectivity index (χ2n) is 6.08. The Bertz CT molecular complexity index is 964. The Balaban J connectivity index is 1.92. The topological polar surface area (TPSA) is 69.7 Å². The zero-order valence-corrected chi connectivity index (χ0v) is 15.5. The van der Waals surface area contributed by atoms with Gasteiger partial charge in [-0.15, -0.1) is 0 Å². The van der Waals surface area contributed by atoms with Gasteiger partial charge in [-0.05, 0) is 54.5 Å². The Morgan fingerprint density at radius 3 is 2.56 bits per heavy atom. The molecule has 27 heavy (non-hydrogen) atoms. The van der Waals surface area contributed by atoms with Crippen molar-refractivity contribution in [3.63, 3.8) is 0 Å². The molecular weight excluding hydrogens is 371 g/mol. The molecule has 0 N–H and O–H groups in total. The molecule has 3 rings (SSSR count). The average Bonchev–Trinajstić information content (AvgIpc) is 3.09. The highest BCUT2D eigenvalue weighted by Crippen LogP contribution is 2.27. The van der Waals surface area contributed by atoms with E-state index in [9.17, 15) is 17.6 Å². The molecular formula is C20H19FO5S. The van der Waals surface area contributed by atoms with Crippen molar-refractivity contribution >= 4 is 21.4 Å². The van der Waals surface area contributed by atoms with Crippen LogP contribution in [0.3, 0.4) is 0 Å². The maximum atomic E-state index is 13.1. The number of cyclic esters (lactones) is 1. The van der Waals surface area contributed by atoms with Crippen molar-refractivity contribution in [2.75, 3.05) is 6.61 Å². The summed E-state index contributed by atoms with van der Waals surface area (Å²) in [5, 5.41) is 0. The van der Waals surface area contributed by atoms with Crippen molar-refractivity contribution in [3.8, 4) is 5.75 Å². The van der Waals surface area contributed by atoms with Gasteiger partial charge in [0, 0.05) is 0 Å². The van der Waals surface area contributed by atoms with Crippen molar-refractivity contribution in [1.82, 2.24) is 0 Å². The molecule has 0 saturated carbocycles. The highest BCUT2D eigenvalue weighted by atomic mass is 32.2. The molecule has 1 heterocycles. The molecule has 0 bridgehead atoms. The predicted octanol–water partition coefficient (Wildman–Crippen LogP) is 3.74. The normalized spacial score (nSPS) is 15.2. The monoisotopic (exact) mass is 390 g/mol. The smallest absolute Gasteiger partial charge is 0.338 e. The van der Waals surface area contributed by atoms with Crippen LogP contribution in [0.2, 0.25) is 0 Å². The summed E-state index contributed by atoms with van der Waals surface area (Å²) in [6, 6.07) is 11.4. The summed E-state index contributed by atoms with van der Waals surface area (Å²) in [6.07, 6.45) is 2.48. The first-order valence-electron chi connectivity index (χ1n) is 8.55. The van der Waals surface area contributed by atoms with Crippen LogP contribution in [0.15, 0.2) is 59.5 Å². The van der Waals surface area contributed by atoms with Crippen molar-refractivity contribution in [2.24, 2.45) is 0 Å². The molecule has 0 spiro atoms. The molecule has 0 aromatic heterocycles. The van der Waals surface area contributed by atoms with E-state index in [2.05, 4.69) is 0 Å². The van der Waals surface area contributed by atoms with E-state index >= 15 is 0 Å². The van der Waals surface area contributed by atoms with Gasteiger partial charge in [0.1, 0.15) is 18.2 Å². The highest BCUT2D eigenvalue weighted by molar-refractivity contribution is 7.92. The summed E-state index contributed by atoms with van der Waals surface area (Å²) in [6.45, 7) is 2.03. The summed E-state index contributed by atoms with van der Waals surface area (Å²) < 4.78 is 49.8. The van der Waals surface area contributed by atoms with E-state index in [-0.39, 0.29) is 23.7 Å². The van der Waals surface area contributed by atoms with Crippen LogP contribution in [0, 0.1) is 5.82 Å². The number of carbonyl (C=O) groups is 1. The summed E-state index contributed by atoms with van der Waals surface area (Å²) in [5.41, 5.74) is -0.290. The predicted molar refractivity (Wildman–Crippen MR) is 98.3 cm³/mol. The molecule has 5 nitrogen and oxygen atoms in total. The van der Waals surface area contributed by atoms with Gasteiger partial charge in [0.15, 0.2) is 0 Å². The van der Waals surface area contributed by atoms with Gasteiger partial charge in [-0.3, -0.25) is 0 Å². The van der Waals surface area contributed by atoms with E-state index in [0.717, 1.165) is 0 Å². The van der Waals surface area contributed by atoms with E-state index in [1.807, 2.05) is 6.92 Å². The fourth-order valence-corrected chi connectivity index (χ4v) is 4.41. The van der Waals surface area contributed by atoms with Crippen LogP contribution in [-0.4, -0.2) is 26.4 Å². The number of halogens is 1. The quantitative estimate of drug-likeness (QED) is 0.674. The standard InChI is InChI=1S/C20H19FO5S/c1-2-4-19(26-16-9-7-15(21)8-10-16)27(23,24)17-6-3-5-14(13-17)18-11-12-25-20(18)22/h3,5-11,13,19H,2,4,12H2,1H3/t19-/m1/s1. The average molecular weight is 390 g/mol. The Morgan fingerprint density at radius 1 is 1.19 bits per heavy atom. The minimum Gasteiger partial charge on any atom is -0.474 e. The molecule has 0 fully saturated rings. The fourth-order valence-electron chi connectivity index (χ4n) is 2.77. The van der Waals surface area contributed by atoms with Crippen LogP contribution in [0.4, 0.5) is 4.39 Å². The largest absolute Gasteiger partial charge is 0.474 e. The molecule has 142 valence electrons. The first-order valence-corrected chi connectivity index (χ1v) is 10.1. The zero-order chi connectivity index (χ0) is 19.4. The van der Waals surface area contributed by atoms with E-state index in [0.29, 0.717) is 17.6 Å². The zero-order valence-electron chi connectivity index (χ0n) is 14.7. The Labute approximate surface area is 157 Å². The number of hydrogen-bond donors (Lipinski definition) is 0. The minimum atomic E-state index is -3.84. The van der Waals surface area contributed by atoms with Gasteiger partial charge in [0.25, 0.3) is 0 Å². The number of esters is 1. The summed E-state index contributed by atoms with van der Waals surface area (Å²) in [5.74, 6) is -0.629. The maximum absolute atomic E-state index is 13.1. The lowest BCUT2D eigenvalue weighted by Crippen LogP contribution is -2.27. The summed E-state index contributed by atoms with van der Waals surface area (Å²) in [4.78, 5) is 11.8. The highest BCUT2D eigenvalue weighted by Gasteiger charge is 2.30. The lowest BCUT2D eigenvalue weighted by Gasteiger charge is -2.19. The molecule has 1 aliphatic rings. The van der Waals surface area contributed by atoms with E-state index in [1.165, 1.54) is 36.4 Å². The van der Waals surface area contributed by atoms with Gasteiger partial charge in [0.05, 0.1) is 10.5 Å². The molecule has 1 aliphatic heterocycles. The third kappa shape index (κ3) is 4.19. The molecule has 1 atom stereocenters. The van der Waals surface area contributed by atoms with Crippen molar-refractivity contribution < 1.29 is 27.1 Å². The van der Waals surface area contributed by atoms with Crippen LogP contribution in [-0.2, 0) is 19.4 Å². The fraction of sp³-hybridized carbons (Fsp3) is 0.250. The molecule has 7 heteroatoms. The Morgan fingerprint density at radius 2 is 1.93 bits per heavy atom. The second-order valence-corrected chi connectivity index (χ2v) is 8.17. The first-order chi connectivity index (χ1) is 12.9.